The first kappa shape index (κ1) is 16.5. The van der Waals surface area contributed by atoms with E-state index >= 15 is 0 Å². The molecule has 0 aliphatic heterocycles. The van der Waals surface area contributed by atoms with Gasteiger partial charge in [0.25, 0.3) is 5.91 Å². The zero-order valence-electron chi connectivity index (χ0n) is 12.5. The molecule has 0 aliphatic carbocycles. The first-order chi connectivity index (χ1) is 9.42. The molecule has 1 atom stereocenters. The number of hydrogen-bond donors (Lipinski definition) is 1. The molecule has 0 aromatic heterocycles. The van der Waals surface area contributed by atoms with Gasteiger partial charge in [-0.25, -0.2) is 0 Å². The lowest BCUT2D eigenvalue weighted by molar-refractivity contribution is -0.133. The van der Waals surface area contributed by atoms with E-state index in [0.29, 0.717) is 5.75 Å². The van der Waals surface area contributed by atoms with Gasteiger partial charge in [0.15, 0.2) is 6.61 Å². The maximum absolute atomic E-state index is 11.9. The van der Waals surface area contributed by atoms with Crippen LogP contribution >= 0.6 is 0 Å². The third-order valence-corrected chi connectivity index (χ3v) is 2.83. The van der Waals surface area contributed by atoms with Crippen molar-refractivity contribution in [1.29, 1.82) is 0 Å². The van der Waals surface area contributed by atoms with E-state index in [0.717, 1.165) is 11.1 Å². The van der Waals surface area contributed by atoms with Gasteiger partial charge in [-0.05, 0) is 37.1 Å². The lowest BCUT2D eigenvalue weighted by Gasteiger charge is -2.20. The zero-order valence-corrected chi connectivity index (χ0v) is 12.5. The number of aryl methyl sites for hydroxylation is 2. The minimum absolute atomic E-state index is 0.0426. The van der Waals surface area contributed by atoms with Crippen LogP contribution < -0.4 is 4.74 Å². The average Bonchev–Trinajstić information content (AvgIpc) is 2.34. The number of nitrogens with zero attached hydrogens (tertiary/aromatic N) is 1. The molecule has 1 aromatic rings. The van der Waals surface area contributed by atoms with Gasteiger partial charge < -0.3 is 19.5 Å². The molecule has 112 valence electrons. The van der Waals surface area contributed by atoms with Crippen molar-refractivity contribution in [1.82, 2.24) is 4.90 Å². The van der Waals surface area contributed by atoms with Crippen LogP contribution in [0.5, 0.6) is 5.75 Å². The fraction of sp³-hybridized carbons (Fsp3) is 0.533. The summed E-state index contributed by atoms with van der Waals surface area (Å²) in [5, 5.41) is 9.57. The molecule has 1 N–H and O–H groups in total. The van der Waals surface area contributed by atoms with E-state index in [4.69, 9.17) is 9.47 Å². The molecule has 5 nitrogen and oxygen atoms in total. The fourth-order valence-electron chi connectivity index (χ4n) is 1.93. The van der Waals surface area contributed by atoms with E-state index in [-0.39, 0.29) is 25.7 Å². The molecular weight excluding hydrogens is 258 g/mol. The number of carbonyl (C=O) groups excluding carboxylic acids is 1. The highest BCUT2D eigenvalue weighted by atomic mass is 16.5. The highest BCUT2D eigenvalue weighted by Crippen LogP contribution is 2.16. The predicted octanol–water partition coefficient (Wildman–Crippen LogP) is 1.15. The molecule has 0 spiro atoms. The Morgan fingerprint density at radius 2 is 1.90 bits per heavy atom. The fourth-order valence-corrected chi connectivity index (χ4v) is 1.93. The molecular formula is C15H23NO4. The third-order valence-electron chi connectivity index (χ3n) is 2.83. The summed E-state index contributed by atoms with van der Waals surface area (Å²) in [6, 6.07) is 5.82. The van der Waals surface area contributed by atoms with Crippen LogP contribution in [0.3, 0.4) is 0 Å². The van der Waals surface area contributed by atoms with Crippen LogP contribution in [-0.4, -0.2) is 55.9 Å². The summed E-state index contributed by atoms with van der Waals surface area (Å²) < 4.78 is 10.3. The van der Waals surface area contributed by atoms with Gasteiger partial charge in [0, 0.05) is 20.7 Å². The Kier molecular flexibility index (Phi) is 6.48. The summed E-state index contributed by atoms with van der Waals surface area (Å²) >= 11 is 0. The van der Waals surface area contributed by atoms with Crippen molar-refractivity contribution in [2.45, 2.75) is 20.0 Å². The van der Waals surface area contributed by atoms with E-state index in [1.165, 1.54) is 12.0 Å². The van der Waals surface area contributed by atoms with Gasteiger partial charge in [-0.2, -0.15) is 0 Å². The maximum Gasteiger partial charge on any atom is 0.260 e. The van der Waals surface area contributed by atoms with Crippen molar-refractivity contribution >= 4 is 5.91 Å². The highest BCUT2D eigenvalue weighted by molar-refractivity contribution is 5.77. The van der Waals surface area contributed by atoms with Crippen LogP contribution in [-0.2, 0) is 9.53 Å². The second-order valence-electron chi connectivity index (χ2n) is 5.00. The summed E-state index contributed by atoms with van der Waals surface area (Å²) in [6.07, 6.45) is -0.685. The van der Waals surface area contributed by atoms with Gasteiger partial charge >= 0.3 is 0 Å². The highest BCUT2D eigenvalue weighted by Gasteiger charge is 2.14. The van der Waals surface area contributed by atoms with Gasteiger partial charge in [-0.15, -0.1) is 0 Å². The van der Waals surface area contributed by atoms with E-state index in [9.17, 15) is 9.90 Å². The number of aliphatic hydroxyl groups is 1. The number of ether oxygens (including phenoxy) is 2. The van der Waals surface area contributed by atoms with E-state index in [2.05, 4.69) is 0 Å². The van der Waals surface area contributed by atoms with Crippen LogP contribution in [0.1, 0.15) is 11.1 Å². The smallest absolute Gasteiger partial charge is 0.260 e. The molecule has 1 amide bonds. The SMILES string of the molecule is COCC(O)CN(C)C(=O)COc1cc(C)cc(C)c1. The van der Waals surface area contributed by atoms with Crippen molar-refractivity contribution in [3.05, 3.63) is 29.3 Å². The van der Waals surface area contributed by atoms with E-state index in [1.54, 1.807) is 7.05 Å². The topological polar surface area (TPSA) is 59.0 Å². The molecule has 0 radical (unpaired) electrons. The van der Waals surface area contributed by atoms with Crippen LogP contribution in [0.15, 0.2) is 18.2 Å². The van der Waals surface area contributed by atoms with E-state index < -0.39 is 6.10 Å². The standard InChI is InChI=1S/C15H23NO4/c1-11-5-12(2)7-14(6-11)20-10-15(18)16(3)8-13(17)9-19-4/h5-7,13,17H,8-10H2,1-4H3. The number of benzene rings is 1. The summed E-state index contributed by atoms with van der Waals surface area (Å²) in [6.45, 7) is 4.35. The van der Waals surface area contributed by atoms with Gasteiger partial charge in [0.1, 0.15) is 5.75 Å². The normalized spacial score (nSPS) is 12.1. The number of likely N-dealkylation sites (N-methyl/N-ethyl adjacent to an activating group) is 1. The Balaban J connectivity index is 2.46. The Hall–Kier alpha value is -1.59. The van der Waals surface area contributed by atoms with Gasteiger partial charge in [0.2, 0.25) is 0 Å². The lowest BCUT2D eigenvalue weighted by atomic mass is 10.1. The largest absolute Gasteiger partial charge is 0.484 e. The summed E-state index contributed by atoms with van der Waals surface area (Å²) in [5.74, 6) is 0.501. The number of carbonyl (C=O) groups is 1. The molecule has 1 aromatic carbocycles. The number of methoxy groups -OCH3 is 1. The molecule has 0 bridgehead atoms. The van der Waals surface area contributed by atoms with E-state index in [1.807, 2.05) is 32.0 Å². The quantitative estimate of drug-likeness (QED) is 0.814. The summed E-state index contributed by atoms with van der Waals surface area (Å²) in [5.41, 5.74) is 2.19. The van der Waals surface area contributed by atoms with Crippen LogP contribution in [0.2, 0.25) is 0 Å². The first-order valence-corrected chi connectivity index (χ1v) is 6.54. The zero-order chi connectivity index (χ0) is 15.1. The second kappa shape index (κ2) is 7.87. The van der Waals surface area contributed by atoms with Gasteiger partial charge in [0.05, 0.1) is 12.7 Å². The average molecular weight is 281 g/mol. The number of aliphatic hydroxyl groups excluding tert-OH is 1. The molecule has 1 rings (SSSR count). The lowest BCUT2D eigenvalue weighted by Crippen LogP contribution is -2.38. The summed E-state index contributed by atoms with van der Waals surface area (Å²) in [7, 11) is 3.14. The Labute approximate surface area is 120 Å². The Bertz CT molecular complexity index is 427. The molecule has 0 saturated carbocycles. The predicted molar refractivity (Wildman–Crippen MR) is 76.9 cm³/mol. The van der Waals surface area contributed by atoms with Crippen molar-refractivity contribution in [3.63, 3.8) is 0 Å². The first-order valence-electron chi connectivity index (χ1n) is 6.54. The maximum atomic E-state index is 11.9. The van der Waals surface area contributed by atoms with Crippen molar-refractivity contribution in [2.24, 2.45) is 0 Å². The molecule has 0 fully saturated rings. The molecule has 0 heterocycles. The van der Waals surface area contributed by atoms with Gasteiger partial charge in [-0.1, -0.05) is 6.07 Å². The number of hydrogen-bond acceptors (Lipinski definition) is 4. The summed E-state index contributed by atoms with van der Waals surface area (Å²) in [4.78, 5) is 13.3. The van der Waals surface area contributed by atoms with Crippen molar-refractivity contribution in [3.8, 4) is 5.75 Å². The third kappa shape index (κ3) is 5.59. The Morgan fingerprint density at radius 1 is 1.30 bits per heavy atom. The van der Waals surface area contributed by atoms with Crippen LogP contribution in [0, 0.1) is 13.8 Å². The minimum Gasteiger partial charge on any atom is -0.484 e. The molecule has 20 heavy (non-hydrogen) atoms. The van der Waals surface area contributed by atoms with Crippen LogP contribution in [0.25, 0.3) is 0 Å². The second-order valence-corrected chi connectivity index (χ2v) is 5.00. The minimum atomic E-state index is -0.685. The molecule has 1 unspecified atom stereocenters. The Morgan fingerprint density at radius 3 is 2.45 bits per heavy atom. The van der Waals surface area contributed by atoms with Crippen molar-refractivity contribution < 1.29 is 19.4 Å². The number of amides is 1. The van der Waals surface area contributed by atoms with Crippen molar-refractivity contribution in [2.75, 3.05) is 33.9 Å². The number of rotatable bonds is 7. The molecule has 0 saturated heterocycles. The monoisotopic (exact) mass is 281 g/mol. The van der Waals surface area contributed by atoms with Crippen LogP contribution in [0.4, 0.5) is 0 Å². The van der Waals surface area contributed by atoms with Gasteiger partial charge in [-0.3, -0.25) is 4.79 Å². The molecule has 0 aliphatic rings. The molecule has 5 heteroatoms.